The molecule has 0 radical (unpaired) electrons. The van der Waals surface area contributed by atoms with E-state index in [0.717, 1.165) is 12.8 Å². The molecular weight excluding hydrogens is 348 g/mol. The molecule has 2 rings (SSSR count). The number of carbonyl (C=O) groups is 1. The van der Waals surface area contributed by atoms with E-state index in [1.807, 2.05) is 13.8 Å². The minimum absolute atomic E-state index is 0. The summed E-state index contributed by atoms with van der Waals surface area (Å²) < 4.78 is 1.32. The molecule has 9 nitrogen and oxygen atoms in total. The zero-order chi connectivity index (χ0) is 17.7. The van der Waals surface area contributed by atoms with Gasteiger partial charge in [0.15, 0.2) is 5.69 Å². The number of nitrogens with two attached hydrogens (primary N) is 1. The summed E-state index contributed by atoms with van der Waals surface area (Å²) in [4.78, 5) is 22.5. The van der Waals surface area contributed by atoms with Gasteiger partial charge in [0.05, 0.1) is 16.8 Å². The summed E-state index contributed by atoms with van der Waals surface area (Å²) in [5.74, 6) is -0.386. The molecule has 1 heterocycles. The van der Waals surface area contributed by atoms with E-state index in [2.05, 4.69) is 15.6 Å². The fourth-order valence-electron chi connectivity index (χ4n) is 2.09. The van der Waals surface area contributed by atoms with Gasteiger partial charge in [-0.15, -0.1) is 17.5 Å². The van der Waals surface area contributed by atoms with Gasteiger partial charge in [-0.2, -0.15) is 0 Å². The van der Waals surface area contributed by atoms with Crippen LogP contribution in [-0.2, 0) is 0 Å². The Labute approximate surface area is 151 Å². The van der Waals surface area contributed by atoms with Gasteiger partial charge in [0.25, 0.3) is 11.6 Å². The number of hydrogen-bond donors (Lipinski definition) is 2. The Morgan fingerprint density at radius 3 is 2.68 bits per heavy atom. The fourth-order valence-corrected chi connectivity index (χ4v) is 2.09. The number of nitro benzene ring substituents is 1. The first-order valence-electron chi connectivity index (χ1n) is 7.63. The van der Waals surface area contributed by atoms with Crippen molar-refractivity contribution in [1.82, 2.24) is 20.3 Å². The molecule has 1 aromatic carbocycles. The number of hydrogen-bond acceptors (Lipinski definition) is 6. The van der Waals surface area contributed by atoms with E-state index in [9.17, 15) is 14.9 Å². The van der Waals surface area contributed by atoms with Crippen LogP contribution in [0.25, 0.3) is 5.69 Å². The number of rotatable bonds is 7. The zero-order valence-corrected chi connectivity index (χ0v) is 14.8. The first-order chi connectivity index (χ1) is 11.4. The Morgan fingerprint density at radius 2 is 2.08 bits per heavy atom. The van der Waals surface area contributed by atoms with Crippen molar-refractivity contribution in [3.05, 3.63) is 46.3 Å². The van der Waals surface area contributed by atoms with Crippen molar-refractivity contribution >= 4 is 24.0 Å². The van der Waals surface area contributed by atoms with E-state index in [-0.39, 0.29) is 29.7 Å². The van der Waals surface area contributed by atoms with E-state index < -0.39 is 10.5 Å². The molecule has 3 N–H and O–H groups in total. The summed E-state index contributed by atoms with van der Waals surface area (Å²) in [6.45, 7) is 4.27. The average molecular weight is 369 g/mol. The van der Waals surface area contributed by atoms with Crippen LogP contribution in [0, 0.1) is 10.1 Å². The molecule has 0 atom stereocenters. The third-order valence-electron chi connectivity index (χ3n) is 4.04. The van der Waals surface area contributed by atoms with Gasteiger partial charge in [0.1, 0.15) is 0 Å². The summed E-state index contributed by atoms with van der Waals surface area (Å²) in [5.41, 5.74) is 6.20. The minimum atomic E-state index is -0.496. The number of amides is 1. The highest BCUT2D eigenvalue weighted by molar-refractivity contribution is 5.92. The molecule has 1 amide bonds. The first kappa shape index (κ1) is 20.5. The highest BCUT2D eigenvalue weighted by Gasteiger charge is 2.22. The van der Waals surface area contributed by atoms with Gasteiger partial charge in [-0.1, -0.05) is 25.1 Å². The van der Waals surface area contributed by atoms with Crippen molar-refractivity contribution in [2.75, 3.05) is 6.54 Å². The molecule has 0 bridgehead atoms. The maximum absolute atomic E-state index is 12.2. The average Bonchev–Trinajstić information content (AvgIpc) is 3.09. The quantitative estimate of drug-likeness (QED) is 0.566. The van der Waals surface area contributed by atoms with Crippen molar-refractivity contribution in [3.8, 4) is 5.69 Å². The Bertz CT molecular complexity index is 744. The van der Waals surface area contributed by atoms with Gasteiger partial charge in [-0.05, 0) is 18.9 Å². The van der Waals surface area contributed by atoms with E-state index in [0.29, 0.717) is 12.2 Å². The van der Waals surface area contributed by atoms with Gasteiger partial charge in [0, 0.05) is 24.2 Å². The van der Waals surface area contributed by atoms with Crippen LogP contribution in [0.1, 0.15) is 37.2 Å². The van der Waals surface area contributed by atoms with Gasteiger partial charge in [-0.3, -0.25) is 14.9 Å². The fraction of sp³-hybridized carbons (Fsp3) is 0.400. The Balaban J connectivity index is 0.00000312. The maximum atomic E-state index is 12.2. The molecule has 0 spiro atoms. The van der Waals surface area contributed by atoms with E-state index in [1.54, 1.807) is 12.1 Å². The highest BCUT2D eigenvalue weighted by atomic mass is 35.5. The zero-order valence-electron chi connectivity index (χ0n) is 14.0. The van der Waals surface area contributed by atoms with E-state index >= 15 is 0 Å². The number of halogens is 1. The monoisotopic (exact) mass is 368 g/mol. The maximum Gasteiger partial charge on any atom is 0.273 e. The number of non-ortho nitro benzene ring substituents is 1. The predicted octanol–water partition coefficient (Wildman–Crippen LogP) is 1.84. The smallest absolute Gasteiger partial charge is 0.273 e. The second-order valence-corrected chi connectivity index (χ2v) is 5.58. The van der Waals surface area contributed by atoms with Crippen LogP contribution < -0.4 is 11.1 Å². The predicted molar refractivity (Wildman–Crippen MR) is 95.1 cm³/mol. The van der Waals surface area contributed by atoms with Crippen LogP contribution in [-0.4, -0.2) is 37.9 Å². The van der Waals surface area contributed by atoms with Gasteiger partial charge >= 0.3 is 0 Å². The second-order valence-electron chi connectivity index (χ2n) is 5.58. The first-order valence-corrected chi connectivity index (χ1v) is 7.63. The third-order valence-corrected chi connectivity index (χ3v) is 4.04. The highest BCUT2D eigenvalue weighted by Crippen LogP contribution is 2.16. The van der Waals surface area contributed by atoms with Gasteiger partial charge in [0.2, 0.25) is 0 Å². The number of benzene rings is 1. The summed E-state index contributed by atoms with van der Waals surface area (Å²) >= 11 is 0. The number of nitrogens with zero attached hydrogens (tertiary/aromatic N) is 4. The topological polar surface area (TPSA) is 129 Å². The lowest BCUT2D eigenvalue weighted by atomic mass is 9.94. The van der Waals surface area contributed by atoms with Crippen molar-refractivity contribution in [3.63, 3.8) is 0 Å². The molecule has 0 saturated carbocycles. The normalized spacial score (nSPS) is 10.8. The standard InChI is InChI=1S/C15H20N6O3.ClH/c1-3-15(16,4-2)10-17-14(22)13-9-20(19-18-13)11-6-5-7-12(8-11)21(23)24;/h5-9H,3-4,10,16H2,1-2H3,(H,17,22);1H. The van der Waals surface area contributed by atoms with Crippen LogP contribution in [0.3, 0.4) is 0 Å². The number of nitro groups is 1. The van der Waals surface area contributed by atoms with Gasteiger partial charge in [-0.25, -0.2) is 4.68 Å². The molecule has 0 aliphatic heterocycles. The lowest BCUT2D eigenvalue weighted by Gasteiger charge is -2.26. The van der Waals surface area contributed by atoms with Crippen LogP contribution in [0.15, 0.2) is 30.5 Å². The Hall–Kier alpha value is -2.52. The molecule has 0 fully saturated rings. The molecular formula is C15H21ClN6O3. The van der Waals surface area contributed by atoms with Crippen LogP contribution >= 0.6 is 12.4 Å². The lowest BCUT2D eigenvalue weighted by Crippen LogP contribution is -2.49. The van der Waals surface area contributed by atoms with E-state index in [1.165, 1.54) is 23.0 Å². The van der Waals surface area contributed by atoms with Crippen LogP contribution in [0.2, 0.25) is 0 Å². The molecule has 136 valence electrons. The van der Waals surface area contributed by atoms with Gasteiger partial charge < -0.3 is 11.1 Å². The lowest BCUT2D eigenvalue weighted by molar-refractivity contribution is -0.384. The molecule has 0 aliphatic rings. The number of aromatic nitrogens is 3. The van der Waals surface area contributed by atoms with E-state index in [4.69, 9.17) is 5.73 Å². The summed E-state index contributed by atoms with van der Waals surface area (Å²) in [7, 11) is 0. The molecule has 0 aliphatic carbocycles. The second kappa shape index (κ2) is 8.54. The largest absolute Gasteiger partial charge is 0.349 e. The molecule has 10 heteroatoms. The SMILES string of the molecule is CCC(N)(CC)CNC(=O)c1cn(-c2cccc([N+](=O)[O-])c2)nn1.Cl. The number of nitrogens with one attached hydrogen (secondary N) is 1. The van der Waals surface area contributed by atoms with Crippen LogP contribution in [0.4, 0.5) is 5.69 Å². The molecule has 0 saturated heterocycles. The Morgan fingerprint density at radius 1 is 1.40 bits per heavy atom. The summed E-state index contributed by atoms with van der Waals surface area (Å²) in [6.07, 6.45) is 2.90. The minimum Gasteiger partial charge on any atom is -0.349 e. The molecule has 1 aromatic heterocycles. The summed E-state index contributed by atoms with van der Waals surface area (Å²) in [6, 6.07) is 5.92. The number of carbonyl (C=O) groups excluding carboxylic acids is 1. The molecule has 0 unspecified atom stereocenters. The van der Waals surface area contributed by atoms with Crippen molar-refractivity contribution in [1.29, 1.82) is 0 Å². The molecule has 2 aromatic rings. The van der Waals surface area contributed by atoms with Crippen molar-refractivity contribution in [2.45, 2.75) is 32.2 Å². The van der Waals surface area contributed by atoms with Crippen molar-refractivity contribution < 1.29 is 9.72 Å². The Kier molecular flexibility index (Phi) is 7.01. The third kappa shape index (κ3) is 4.97. The van der Waals surface area contributed by atoms with Crippen LogP contribution in [0.5, 0.6) is 0 Å². The molecule has 25 heavy (non-hydrogen) atoms. The van der Waals surface area contributed by atoms with Crippen molar-refractivity contribution in [2.24, 2.45) is 5.73 Å². The summed E-state index contributed by atoms with van der Waals surface area (Å²) in [5, 5.41) is 21.2.